The second kappa shape index (κ2) is 15.8. The van der Waals surface area contributed by atoms with Crippen LogP contribution in [0.4, 0.5) is 8.78 Å². The monoisotopic (exact) mass is 771 g/mol. The average Bonchev–Trinajstić information content (AvgIpc) is 3.61. The summed E-state index contributed by atoms with van der Waals surface area (Å²) in [4.78, 5) is 45.4. The third kappa shape index (κ3) is 10.4. The van der Waals surface area contributed by atoms with Crippen molar-refractivity contribution in [3.05, 3.63) is 131 Å². The number of rotatable bonds is 10. The topological polar surface area (TPSA) is 176 Å². The number of carbonyl (C=O) groups is 4. The van der Waals surface area contributed by atoms with Gasteiger partial charge in [-0.1, -0.05) is 35.8 Å². The minimum atomic E-state index is -1.68. The number of nitrogens with zero attached hydrogens (tertiary/aromatic N) is 1. The van der Waals surface area contributed by atoms with E-state index in [0.29, 0.717) is 25.1 Å². The van der Waals surface area contributed by atoms with Crippen molar-refractivity contribution in [1.82, 2.24) is 9.55 Å². The molecule has 2 aromatic heterocycles. The largest absolute Gasteiger partial charge is 2.00 e. The Bertz CT molecular complexity index is 1660. The van der Waals surface area contributed by atoms with Crippen LogP contribution in [0.3, 0.4) is 0 Å². The second-order valence-corrected chi connectivity index (χ2v) is 8.73. The molecule has 0 saturated heterocycles. The second-order valence-electron chi connectivity index (χ2n) is 8.73. The van der Waals surface area contributed by atoms with Crippen molar-refractivity contribution in [2.24, 2.45) is 0 Å². The Hall–Kier alpha value is -5.09. The molecule has 0 fully saturated rings. The zero-order chi connectivity index (χ0) is 30.8. The molecule has 4 aromatic rings. The number of aromatic nitrogens is 2. The van der Waals surface area contributed by atoms with Crippen LogP contribution >= 0.6 is 0 Å². The molecule has 0 spiro atoms. The van der Waals surface area contributed by atoms with Gasteiger partial charge in [0.1, 0.15) is 11.6 Å². The van der Waals surface area contributed by atoms with Gasteiger partial charge in [-0.2, -0.15) is 0 Å². The summed E-state index contributed by atoms with van der Waals surface area (Å²) in [6.07, 6.45) is 4.75. The molecule has 0 amide bonds. The molecule has 10 nitrogen and oxygen atoms in total. The van der Waals surface area contributed by atoms with Gasteiger partial charge in [-0.05, 0) is 77.7 Å². The number of carboxylic acids is 2. The maximum atomic E-state index is 12.8. The van der Waals surface area contributed by atoms with Gasteiger partial charge in [0.25, 0.3) is 11.6 Å². The predicted octanol–water partition coefficient (Wildman–Crippen LogP) is 2.13. The number of aromatic amines is 1. The van der Waals surface area contributed by atoms with E-state index < -0.39 is 35.0 Å². The fourth-order valence-electron chi connectivity index (χ4n) is 3.60. The van der Waals surface area contributed by atoms with E-state index in [4.69, 9.17) is 10.2 Å². The third-order valence-electron chi connectivity index (χ3n) is 5.62. The summed E-state index contributed by atoms with van der Waals surface area (Å²) in [5, 5.41) is 40.4. The van der Waals surface area contributed by atoms with Crippen LogP contribution in [0.5, 0.6) is 0 Å². The number of halogens is 2. The number of aliphatic carboxylic acids is 2. The van der Waals surface area contributed by atoms with Crippen LogP contribution in [0.25, 0.3) is 11.5 Å². The Morgan fingerprint density at radius 2 is 1.28 bits per heavy atom. The number of hydrogen-bond donors (Lipinski definition) is 3. The zero-order valence-corrected chi connectivity index (χ0v) is 24.2. The van der Waals surface area contributed by atoms with Gasteiger partial charge in [-0.15, -0.1) is 0 Å². The van der Waals surface area contributed by atoms with E-state index in [1.54, 1.807) is 47.3 Å². The smallest absolute Gasteiger partial charge is 0.871 e. The summed E-state index contributed by atoms with van der Waals surface area (Å²) in [7, 11) is 0. The minimum absolute atomic E-state index is 0. The Morgan fingerprint density at radius 1 is 0.767 bits per heavy atom. The first-order chi connectivity index (χ1) is 19.9. The molecule has 13 heteroatoms. The zero-order valence-electron chi connectivity index (χ0n) is 21.9. The molecule has 0 aliphatic heterocycles. The van der Waals surface area contributed by atoms with Crippen molar-refractivity contribution in [3.63, 3.8) is 0 Å². The molecule has 0 aliphatic rings. The van der Waals surface area contributed by atoms with Crippen molar-refractivity contribution in [2.75, 3.05) is 0 Å². The SMILES string of the molecule is O=C(O)C(=O)/C=C(\[O-])c1cc(Cc2ccc(F)cc2)c[nH]1.O=C(O)C(=O)/C=C(\[O-])c1cccn1Cc1ccc(F)cc1.[Pt+2]. The van der Waals surface area contributed by atoms with Gasteiger partial charge in [0.2, 0.25) is 0 Å². The molecule has 3 N–H and O–H groups in total. The van der Waals surface area contributed by atoms with Crippen molar-refractivity contribution in [2.45, 2.75) is 13.0 Å². The van der Waals surface area contributed by atoms with Gasteiger partial charge in [-0.3, -0.25) is 9.59 Å². The minimum Gasteiger partial charge on any atom is -0.871 e. The van der Waals surface area contributed by atoms with Crippen LogP contribution in [0.1, 0.15) is 28.1 Å². The quantitative estimate of drug-likeness (QED) is 0.125. The molecular formula is C30H22F2N2O8Pt. The summed E-state index contributed by atoms with van der Waals surface area (Å²) in [5.41, 5.74) is 2.71. The van der Waals surface area contributed by atoms with Crippen molar-refractivity contribution >= 4 is 35.0 Å². The molecule has 2 aromatic carbocycles. The molecule has 43 heavy (non-hydrogen) atoms. The number of carboxylic acid groups (broad SMARTS) is 2. The van der Waals surface area contributed by atoms with E-state index in [1.807, 2.05) is 0 Å². The third-order valence-corrected chi connectivity index (χ3v) is 5.62. The number of ketones is 2. The average molecular weight is 772 g/mol. The van der Waals surface area contributed by atoms with E-state index in [1.165, 1.54) is 36.4 Å². The van der Waals surface area contributed by atoms with Gasteiger partial charge >= 0.3 is 33.0 Å². The van der Waals surface area contributed by atoms with E-state index in [0.717, 1.165) is 16.7 Å². The van der Waals surface area contributed by atoms with Gasteiger partial charge in [0.15, 0.2) is 0 Å². The van der Waals surface area contributed by atoms with Crippen LogP contribution in [-0.4, -0.2) is 43.3 Å². The molecule has 2 heterocycles. The Morgan fingerprint density at radius 3 is 1.81 bits per heavy atom. The molecule has 0 unspecified atom stereocenters. The summed E-state index contributed by atoms with van der Waals surface area (Å²) in [6.45, 7) is 0.309. The van der Waals surface area contributed by atoms with E-state index in [-0.39, 0.29) is 44.1 Å². The number of carbonyl (C=O) groups excluding carboxylic acids is 2. The Kier molecular flexibility index (Phi) is 12.5. The molecule has 0 bridgehead atoms. The molecule has 0 atom stereocenters. The van der Waals surface area contributed by atoms with Crippen LogP contribution < -0.4 is 10.2 Å². The summed E-state index contributed by atoms with van der Waals surface area (Å²) in [5.74, 6) is -7.97. The first-order valence-corrected chi connectivity index (χ1v) is 12.1. The van der Waals surface area contributed by atoms with Crippen molar-refractivity contribution in [3.8, 4) is 0 Å². The summed E-state index contributed by atoms with van der Waals surface area (Å²) >= 11 is 0. The number of H-pyrrole nitrogens is 1. The van der Waals surface area contributed by atoms with Crippen molar-refractivity contribution in [1.29, 1.82) is 0 Å². The maximum absolute atomic E-state index is 12.8. The summed E-state index contributed by atoms with van der Waals surface area (Å²) in [6, 6.07) is 16.3. The fraction of sp³-hybridized carbons (Fsp3) is 0.0667. The first-order valence-electron chi connectivity index (χ1n) is 12.1. The van der Waals surface area contributed by atoms with E-state index in [9.17, 15) is 38.2 Å². The fourth-order valence-corrected chi connectivity index (χ4v) is 3.60. The molecule has 0 saturated carbocycles. The van der Waals surface area contributed by atoms with Crippen LogP contribution in [-0.2, 0) is 53.2 Å². The molecule has 0 aliphatic carbocycles. The molecular weight excluding hydrogens is 749 g/mol. The van der Waals surface area contributed by atoms with Gasteiger partial charge in [0.05, 0.1) is 0 Å². The van der Waals surface area contributed by atoms with Crippen LogP contribution in [0, 0.1) is 11.6 Å². The normalized spacial score (nSPS) is 11.1. The number of hydrogen-bond acceptors (Lipinski definition) is 6. The van der Waals surface area contributed by atoms with Gasteiger partial charge < -0.3 is 30.0 Å². The van der Waals surface area contributed by atoms with Gasteiger partial charge in [-0.25, -0.2) is 18.4 Å². The van der Waals surface area contributed by atoms with E-state index in [2.05, 4.69) is 4.98 Å². The molecule has 224 valence electrons. The van der Waals surface area contributed by atoms with Crippen LogP contribution in [0.15, 0.2) is 91.3 Å². The summed E-state index contributed by atoms with van der Waals surface area (Å²) < 4.78 is 27.2. The molecule has 0 radical (unpaired) electrons. The predicted molar refractivity (Wildman–Crippen MR) is 141 cm³/mol. The maximum Gasteiger partial charge on any atom is 2.00 e. The standard InChI is InChI=1S/2C15H12FNO4.Pt/c16-11-3-1-9(2-4-11)5-10-6-12(17-8-10)13(18)7-14(19)15(20)21;16-11-5-3-10(4-6-11)9-17-7-1-2-12(17)13(18)8-14(19)15(20)21;/h1-4,6-8,17-18H,5H2,(H,20,21);1-8,18H,9H2,(H,20,21);/q;;+2/p-2/b13-7-;13-8-;. The Balaban J connectivity index is 0.000000293. The Labute approximate surface area is 257 Å². The van der Waals surface area contributed by atoms with Gasteiger partial charge in [0, 0.05) is 30.3 Å². The first kappa shape index (κ1) is 34.1. The number of benzene rings is 2. The van der Waals surface area contributed by atoms with E-state index >= 15 is 0 Å². The molecule has 4 rings (SSSR count). The van der Waals surface area contributed by atoms with Crippen molar-refractivity contribution < 1.29 is 69.5 Å². The van der Waals surface area contributed by atoms with Crippen LogP contribution in [0.2, 0.25) is 0 Å². The number of nitrogens with one attached hydrogen (secondary N) is 1.